The first-order chi connectivity index (χ1) is 7.84. The molecule has 0 aromatic carbocycles. The Morgan fingerprint density at radius 2 is 2.12 bits per heavy atom. The summed E-state index contributed by atoms with van der Waals surface area (Å²) in [5.41, 5.74) is 3.13. The first-order valence-electron chi connectivity index (χ1n) is 5.30. The van der Waals surface area contributed by atoms with E-state index in [9.17, 15) is 0 Å². The highest BCUT2D eigenvalue weighted by molar-refractivity contribution is 6.30. The molecule has 0 aliphatic heterocycles. The largest absolute Gasteiger partial charge is 0.264 e. The molecule has 2 heterocycles. The van der Waals surface area contributed by atoms with Crippen molar-refractivity contribution in [2.45, 2.75) is 19.3 Å². The second-order valence-electron chi connectivity index (χ2n) is 3.86. The maximum absolute atomic E-state index is 6.15. The van der Waals surface area contributed by atoms with Crippen LogP contribution in [0, 0.1) is 0 Å². The van der Waals surface area contributed by atoms with Gasteiger partial charge in [0, 0.05) is 29.2 Å². The molecule has 1 aliphatic carbocycles. The molecule has 3 nitrogen and oxygen atoms in total. The number of aryl methyl sites for hydroxylation is 1. The normalized spacial score (nSPS) is 13.8. The average Bonchev–Trinajstić information content (AvgIpc) is 2.79. The Bertz CT molecular complexity index is 525. The van der Waals surface area contributed by atoms with Crippen LogP contribution in [0.4, 0.5) is 0 Å². The Morgan fingerprint density at radius 3 is 2.94 bits per heavy atom. The smallest absolute Gasteiger partial charge is 0.162 e. The van der Waals surface area contributed by atoms with Gasteiger partial charge in [0.2, 0.25) is 0 Å². The van der Waals surface area contributed by atoms with Crippen molar-refractivity contribution in [3.8, 4) is 11.4 Å². The van der Waals surface area contributed by atoms with Crippen molar-refractivity contribution >= 4 is 11.6 Å². The average molecular weight is 232 g/mol. The van der Waals surface area contributed by atoms with Gasteiger partial charge in [0.1, 0.15) is 5.15 Å². The van der Waals surface area contributed by atoms with Crippen LogP contribution in [0.1, 0.15) is 17.7 Å². The predicted molar refractivity (Wildman–Crippen MR) is 62.3 cm³/mol. The molecule has 0 saturated heterocycles. The van der Waals surface area contributed by atoms with Crippen LogP contribution in [0.2, 0.25) is 5.15 Å². The SMILES string of the molecule is Clc1nc(-c2cccnc2)nc2c1CCC2. The Balaban J connectivity index is 2.13. The fourth-order valence-electron chi connectivity index (χ4n) is 2.01. The van der Waals surface area contributed by atoms with Crippen molar-refractivity contribution in [3.63, 3.8) is 0 Å². The van der Waals surface area contributed by atoms with Gasteiger partial charge < -0.3 is 0 Å². The lowest BCUT2D eigenvalue weighted by Crippen LogP contribution is -1.97. The zero-order chi connectivity index (χ0) is 11.0. The predicted octanol–water partition coefficient (Wildman–Crippen LogP) is 2.68. The van der Waals surface area contributed by atoms with Crippen LogP contribution < -0.4 is 0 Å². The van der Waals surface area contributed by atoms with E-state index >= 15 is 0 Å². The lowest BCUT2D eigenvalue weighted by Gasteiger charge is -2.04. The maximum Gasteiger partial charge on any atom is 0.162 e. The van der Waals surface area contributed by atoms with Gasteiger partial charge in [-0.15, -0.1) is 0 Å². The highest BCUT2D eigenvalue weighted by Gasteiger charge is 2.18. The Morgan fingerprint density at radius 1 is 1.19 bits per heavy atom. The van der Waals surface area contributed by atoms with Crippen molar-refractivity contribution in [1.29, 1.82) is 0 Å². The van der Waals surface area contributed by atoms with Crippen molar-refractivity contribution in [2.24, 2.45) is 0 Å². The summed E-state index contributed by atoms with van der Waals surface area (Å²) in [5, 5.41) is 0.598. The molecule has 0 spiro atoms. The van der Waals surface area contributed by atoms with Gasteiger partial charge in [0.05, 0.1) is 0 Å². The van der Waals surface area contributed by atoms with Crippen LogP contribution in [0.15, 0.2) is 24.5 Å². The number of hydrogen-bond acceptors (Lipinski definition) is 3. The van der Waals surface area contributed by atoms with Crippen LogP contribution in [-0.2, 0) is 12.8 Å². The van der Waals surface area contributed by atoms with Gasteiger partial charge >= 0.3 is 0 Å². The van der Waals surface area contributed by atoms with E-state index in [0.29, 0.717) is 11.0 Å². The molecule has 0 radical (unpaired) electrons. The van der Waals surface area contributed by atoms with E-state index in [1.807, 2.05) is 12.1 Å². The van der Waals surface area contributed by atoms with Gasteiger partial charge in [0.15, 0.2) is 5.82 Å². The fraction of sp³-hybridized carbons (Fsp3) is 0.250. The molecular formula is C12H10ClN3. The number of hydrogen-bond donors (Lipinski definition) is 0. The van der Waals surface area contributed by atoms with Gasteiger partial charge in [-0.05, 0) is 31.4 Å². The zero-order valence-electron chi connectivity index (χ0n) is 8.65. The summed E-state index contributed by atoms with van der Waals surface area (Å²) in [7, 11) is 0. The van der Waals surface area contributed by atoms with E-state index in [-0.39, 0.29) is 0 Å². The number of rotatable bonds is 1. The van der Waals surface area contributed by atoms with Crippen LogP contribution >= 0.6 is 11.6 Å². The number of pyridine rings is 1. The Hall–Kier alpha value is -1.48. The molecule has 1 aliphatic rings. The van der Waals surface area contributed by atoms with Gasteiger partial charge in [-0.2, -0.15) is 0 Å². The van der Waals surface area contributed by atoms with Crippen molar-refractivity contribution in [1.82, 2.24) is 15.0 Å². The topological polar surface area (TPSA) is 38.7 Å². The van der Waals surface area contributed by atoms with Gasteiger partial charge in [-0.25, -0.2) is 9.97 Å². The molecule has 0 amide bonds. The summed E-state index contributed by atoms with van der Waals surface area (Å²) < 4.78 is 0. The summed E-state index contributed by atoms with van der Waals surface area (Å²) in [6, 6.07) is 3.82. The van der Waals surface area contributed by atoms with E-state index in [0.717, 1.165) is 36.1 Å². The van der Waals surface area contributed by atoms with E-state index in [1.54, 1.807) is 12.4 Å². The third-order valence-electron chi connectivity index (χ3n) is 2.80. The molecule has 3 rings (SSSR count). The molecule has 0 bridgehead atoms. The molecule has 0 N–H and O–H groups in total. The second kappa shape index (κ2) is 3.83. The van der Waals surface area contributed by atoms with Crippen LogP contribution in [0.3, 0.4) is 0 Å². The number of nitrogens with zero attached hydrogens (tertiary/aromatic N) is 3. The molecule has 0 saturated carbocycles. The summed E-state index contributed by atoms with van der Waals surface area (Å²) >= 11 is 6.15. The molecule has 0 unspecified atom stereocenters. The Labute approximate surface area is 98.5 Å². The third kappa shape index (κ3) is 1.57. The highest BCUT2D eigenvalue weighted by atomic mass is 35.5. The zero-order valence-corrected chi connectivity index (χ0v) is 9.41. The summed E-state index contributed by atoms with van der Waals surface area (Å²) in [6.07, 6.45) is 6.62. The molecule has 2 aromatic heterocycles. The molecule has 80 valence electrons. The van der Waals surface area contributed by atoms with E-state index in [2.05, 4.69) is 15.0 Å². The molecule has 16 heavy (non-hydrogen) atoms. The minimum Gasteiger partial charge on any atom is -0.264 e. The summed E-state index contributed by atoms with van der Waals surface area (Å²) in [4.78, 5) is 12.9. The van der Waals surface area contributed by atoms with Gasteiger partial charge in [-0.1, -0.05) is 11.6 Å². The molecular weight excluding hydrogens is 222 g/mol. The third-order valence-corrected chi connectivity index (χ3v) is 3.12. The molecule has 0 fully saturated rings. The lowest BCUT2D eigenvalue weighted by atomic mass is 10.2. The second-order valence-corrected chi connectivity index (χ2v) is 4.22. The van der Waals surface area contributed by atoms with Crippen molar-refractivity contribution < 1.29 is 0 Å². The van der Waals surface area contributed by atoms with E-state index < -0.39 is 0 Å². The fourth-order valence-corrected chi connectivity index (χ4v) is 2.29. The monoisotopic (exact) mass is 231 g/mol. The van der Waals surface area contributed by atoms with Crippen molar-refractivity contribution in [2.75, 3.05) is 0 Å². The molecule has 2 aromatic rings. The molecule has 0 atom stereocenters. The maximum atomic E-state index is 6.15. The number of aromatic nitrogens is 3. The quantitative estimate of drug-likeness (QED) is 0.709. The van der Waals surface area contributed by atoms with Crippen molar-refractivity contribution in [3.05, 3.63) is 40.9 Å². The minimum absolute atomic E-state index is 0.598. The standard InChI is InChI=1S/C12H10ClN3/c13-11-9-4-1-5-10(9)15-12(16-11)8-3-2-6-14-7-8/h2-3,6-7H,1,4-5H2. The minimum atomic E-state index is 0.598. The number of halogens is 1. The first kappa shape index (κ1) is 9.73. The van der Waals surface area contributed by atoms with Crippen LogP contribution in [-0.4, -0.2) is 15.0 Å². The summed E-state index contributed by atoms with van der Waals surface area (Å²) in [6.45, 7) is 0. The van der Waals surface area contributed by atoms with E-state index in [1.165, 1.54) is 0 Å². The Kier molecular flexibility index (Phi) is 2.33. The first-order valence-corrected chi connectivity index (χ1v) is 5.68. The lowest BCUT2D eigenvalue weighted by molar-refractivity contribution is 0.900. The van der Waals surface area contributed by atoms with Gasteiger partial charge in [-0.3, -0.25) is 4.98 Å². The van der Waals surface area contributed by atoms with Crippen LogP contribution in [0.5, 0.6) is 0 Å². The number of fused-ring (bicyclic) bond motifs is 1. The molecule has 4 heteroatoms. The summed E-state index contributed by atoms with van der Waals surface area (Å²) in [5.74, 6) is 0.679. The highest BCUT2D eigenvalue weighted by Crippen LogP contribution is 2.28. The van der Waals surface area contributed by atoms with Crippen LogP contribution in [0.25, 0.3) is 11.4 Å². The van der Waals surface area contributed by atoms with Gasteiger partial charge in [0.25, 0.3) is 0 Å². The van der Waals surface area contributed by atoms with E-state index in [4.69, 9.17) is 11.6 Å².